The Hall–Kier alpha value is -0.920. The first-order chi connectivity index (χ1) is 8.50. The van der Waals surface area contributed by atoms with Gasteiger partial charge in [-0.25, -0.2) is 8.42 Å². The van der Waals surface area contributed by atoms with E-state index in [-0.39, 0.29) is 11.9 Å². The fraction of sp³-hybridized carbons (Fsp3) is 0.545. The van der Waals surface area contributed by atoms with Gasteiger partial charge >= 0.3 is 0 Å². The largest absolute Gasteiger partial charge is 0.352 e. The van der Waals surface area contributed by atoms with Crippen molar-refractivity contribution in [2.45, 2.75) is 30.0 Å². The molecule has 1 amide bonds. The van der Waals surface area contributed by atoms with Gasteiger partial charge in [0.1, 0.15) is 4.21 Å². The fourth-order valence-electron chi connectivity index (χ4n) is 2.10. The van der Waals surface area contributed by atoms with Gasteiger partial charge in [-0.1, -0.05) is 6.07 Å². The Morgan fingerprint density at radius 1 is 1.56 bits per heavy atom. The molecule has 1 aliphatic rings. The van der Waals surface area contributed by atoms with Crippen molar-refractivity contribution < 1.29 is 13.2 Å². The second kappa shape index (κ2) is 5.38. The van der Waals surface area contributed by atoms with Crippen LogP contribution in [0, 0.1) is 0 Å². The number of hydrogen-bond acceptors (Lipinski definition) is 4. The number of hydrogen-bond donors (Lipinski definition) is 1. The van der Waals surface area contributed by atoms with Crippen LogP contribution >= 0.6 is 11.3 Å². The van der Waals surface area contributed by atoms with Crippen molar-refractivity contribution in [3.05, 3.63) is 17.5 Å². The number of nitrogens with one attached hydrogen (secondary N) is 1. The molecule has 1 aromatic heterocycles. The van der Waals surface area contributed by atoms with Crippen LogP contribution in [-0.2, 0) is 14.8 Å². The minimum atomic E-state index is -3.39. The molecule has 2 heterocycles. The lowest BCUT2D eigenvalue weighted by Crippen LogP contribution is -2.48. The molecule has 0 aromatic carbocycles. The molecule has 0 aliphatic carbocycles. The van der Waals surface area contributed by atoms with E-state index in [1.807, 2.05) is 0 Å². The first-order valence-electron chi connectivity index (χ1n) is 5.81. The summed E-state index contributed by atoms with van der Waals surface area (Å²) in [5, 5.41) is 4.54. The molecule has 100 valence electrons. The minimum Gasteiger partial charge on any atom is -0.352 e. The van der Waals surface area contributed by atoms with Gasteiger partial charge in [-0.05, 0) is 24.3 Å². The second-order valence-corrected chi connectivity index (χ2v) is 7.45. The van der Waals surface area contributed by atoms with Gasteiger partial charge in [0, 0.05) is 26.1 Å². The van der Waals surface area contributed by atoms with E-state index in [9.17, 15) is 13.2 Å². The van der Waals surface area contributed by atoms with E-state index in [0.29, 0.717) is 17.3 Å². The smallest absolute Gasteiger partial charge is 0.252 e. The second-order valence-electron chi connectivity index (χ2n) is 4.33. The van der Waals surface area contributed by atoms with Gasteiger partial charge in [0.05, 0.1) is 0 Å². The third kappa shape index (κ3) is 2.90. The molecule has 1 aliphatic heterocycles. The van der Waals surface area contributed by atoms with Gasteiger partial charge in [0.15, 0.2) is 0 Å². The van der Waals surface area contributed by atoms with Crippen LogP contribution in [0.4, 0.5) is 0 Å². The molecule has 1 unspecified atom stereocenters. The summed E-state index contributed by atoms with van der Waals surface area (Å²) in [5.74, 6) is -0.115. The van der Waals surface area contributed by atoms with Crippen LogP contribution in [0.15, 0.2) is 21.7 Å². The lowest BCUT2D eigenvalue weighted by Gasteiger charge is -2.31. The van der Waals surface area contributed by atoms with Crippen molar-refractivity contribution >= 4 is 27.3 Å². The molecule has 0 saturated carbocycles. The van der Waals surface area contributed by atoms with Crippen LogP contribution in [0.25, 0.3) is 0 Å². The van der Waals surface area contributed by atoms with Crippen LogP contribution in [0.2, 0.25) is 0 Å². The summed E-state index contributed by atoms with van der Waals surface area (Å²) in [4.78, 5) is 11.0. The average Bonchev–Trinajstić information content (AvgIpc) is 2.82. The van der Waals surface area contributed by atoms with Crippen molar-refractivity contribution in [3.8, 4) is 0 Å². The fourth-order valence-corrected chi connectivity index (χ4v) is 4.77. The van der Waals surface area contributed by atoms with Crippen LogP contribution in [0.3, 0.4) is 0 Å². The Bertz CT molecular complexity index is 510. The highest BCUT2D eigenvalue weighted by Crippen LogP contribution is 2.24. The molecule has 1 aromatic rings. The third-order valence-corrected chi connectivity index (χ3v) is 6.12. The highest BCUT2D eigenvalue weighted by Gasteiger charge is 2.30. The van der Waals surface area contributed by atoms with E-state index in [1.54, 1.807) is 17.5 Å². The first kappa shape index (κ1) is 13.5. The average molecular weight is 288 g/mol. The van der Waals surface area contributed by atoms with Crippen LogP contribution in [0.5, 0.6) is 0 Å². The van der Waals surface area contributed by atoms with Gasteiger partial charge < -0.3 is 5.32 Å². The zero-order valence-electron chi connectivity index (χ0n) is 10.1. The predicted octanol–water partition coefficient (Wildman–Crippen LogP) is 1.04. The molecule has 0 bridgehead atoms. The number of carbonyl (C=O) groups excluding carboxylic acids is 1. The van der Waals surface area contributed by atoms with E-state index in [2.05, 4.69) is 5.32 Å². The molecular weight excluding hydrogens is 272 g/mol. The quantitative estimate of drug-likeness (QED) is 0.903. The molecular formula is C11H16N2O3S2. The number of rotatable bonds is 3. The molecule has 18 heavy (non-hydrogen) atoms. The van der Waals surface area contributed by atoms with Crippen molar-refractivity contribution in [3.63, 3.8) is 0 Å². The third-order valence-electron chi connectivity index (χ3n) is 2.88. The Balaban J connectivity index is 2.11. The number of thiophene rings is 1. The van der Waals surface area contributed by atoms with Crippen molar-refractivity contribution in [1.82, 2.24) is 9.62 Å². The number of piperidine rings is 1. The summed E-state index contributed by atoms with van der Waals surface area (Å²) in [6.07, 6.45) is 1.60. The summed E-state index contributed by atoms with van der Waals surface area (Å²) < 4.78 is 26.4. The zero-order chi connectivity index (χ0) is 13.2. The predicted molar refractivity (Wildman–Crippen MR) is 69.9 cm³/mol. The van der Waals surface area contributed by atoms with E-state index >= 15 is 0 Å². The van der Waals surface area contributed by atoms with Gasteiger partial charge in [0.25, 0.3) is 10.0 Å². The summed E-state index contributed by atoms with van der Waals surface area (Å²) >= 11 is 1.22. The molecule has 5 nitrogen and oxygen atoms in total. The van der Waals surface area contributed by atoms with Crippen molar-refractivity contribution in [2.75, 3.05) is 13.1 Å². The molecule has 2 rings (SSSR count). The van der Waals surface area contributed by atoms with E-state index in [0.717, 1.165) is 12.8 Å². The molecule has 1 N–H and O–H groups in total. The van der Waals surface area contributed by atoms with Crippen LogP contribution < -0.4 is 5.32 Å². The van der Waals surface area contributed by atoms with Crippen molar-refractivity contribution in [1.29, 1.82) is 0 Å². The molecule has 1 saturated heterocycles. The summed E-state index contributed by atoms with van der Waals surface area (Å²) in [6, 6.07) is 3.26. The topological polar surface area (TPSA) is 66.5 Å². The Morgan fingerprint density at radius 2 is 2.33 bits per heavy atom. The molecule has 1 atom stereocenters. The summed E-state index contributed by atoms with van der Waals surface area (Å²) in [6.45, 7) is 2.34. The van der Waals surface area contributed by atoms with E-state index in [4.69, 9.17) is 0 Å². The van der Waals surface area contributed by atoms with Gasteiger partial charge in [-0.15, -0.1) is 11.3 Å². The maximum atomic E-state index is 12.3. The maximum absolute atomic E-state index is 12.3. The molecule has 1 fully saturated rings. The standard InChI is InChI=1S/C11H16N2O3S2/c1-9(14)12-10-4-2-6-13(8-10)18(15,16)11-5-3-7-17-11/h3,5,7,10H,2,4,6,8H2,1H3,(H,12,14). The van der Waals surface area contributed by atoms with Gasteiger partial charge in [0.2, 0.25) is 5.91 Å². The lowest BCUT2D eigenvalue weighted by molar-refractivity contribution is -0.119. The number of carbonyl (C=O) groups is 1. The van der Waals surface area contributed by atoms with E-state index < -0.39 is 10.0 Å². The molecule has 7 heteroatoms. The van der Waals surface area contributed by atoms with Gasteiger partial charge in [-0.2, -0.15) is 4.31 Å². The normalized spacial score (nSPS) is 21.7. The summed E-state index contributed by atoms with van der Waals surface area (Å²) in [7, 11) is -3.39. The maximum Gasteiger partial charge on any atom is 0.252 e. The Kier molecular flexibility index (Phi) is 4.04. The lowest BCUT2D eigenvalue weighted by atomic mass is 10.1. The SMILES string of the molecule is CC(=O)NC1CCCN(S(=O)(=O)c2cccs2)C1. The number of amides is 1. The Labute approximate surface area is 111 Å². The number of nitrogens with zero attached hydrogens (tertiary/aromatic N) is 1. The van der Waals surface area contributed by atoms with Crippen molar-refractivity contribution in [2.24, 2.45) is 0 Å². The van der Waals surface area contributed by atoms with Crippen LogP contribution in [0.1, 0.15) is 19.8 Å². The number of sulfonamides is 1. The molecule has 0 radical (unpaired) electrons. The minimum absolute atomic E-state index is 0.0778. The first-order valence-corrected chi connectivity index (χ1v) is 8.13. The zero-order valence-corrected chi connectivity index (χ0v) is 11.8. The molecule has 0 spiro atoms. The summed E-state index contributed by atoms with van der Waals surface area (Å²) in [5.41, 5.74) is 0. The van der Waals surface area contributed by atoms with E-state index in [1.165, 1.54) is 22.6 Å². The highest BCUT2D eigenvalue weighted by atomic mass is 32.2. The monoisotopic (exact) mass is 288 g/mol. The van der Waals surface area contributed by atoms with Crippen LogP contribution in [-0.4, -0.2) is 37.8 Å². The Morgan fingerprint density at radius 3 is 2.94 bits per heavy atom. The highest BCUT2D eigenvalue weighted by molar-refractivity contribution is 7.91. The van der Waals surface area contributed by atoms with Gasteiger partial charge in [-0.3, -0.25) is 4.79 Å².